The Kier molecular flexibility index (Phi) is 4.31. The van der Waals surface area contributed by atoms with Gasteiger partial charge in [0.2, 0.25) is 0 Å². The molecule has 136 valence electrons. The van der Waals surface area contributed by atoms with Crippen molar-refractivity contribution >= 4 is 54.5 Å². The van der Waals surface area contributed by atoms with Crippen molar-refractivity contribution in [2.75, 3.05) is 5.43 Å². The van der Waals surface area contributed by atoms with E-state index in [0.717, 1.165) is 30.4 Å². The van der Waals surface area contributed by atoms with Crippen LogP contribution in [0.5, 0.6) is 0 Å². The molecule has 2 heterocycles. The molecular weight excluding hydrogens is 391 g/mol. The summed E-state index contributed by atoms with van der Waals surface area (Å²) in [4.78, 5) is 9.46. The second kappa shape index (κ2) is 7.10. The van der Waals surface area contributed by atoms with E-state index in [-0.39, 0.29) is 5.82 Å². The number of fused-ring (bicyclic) bond motifs is 2. The van der Waals surface area contributed by atoms with Crippen LogP contribution in [0.1, 0.15) is 10.0 Å². The maximum absolute atomic E-state index is 13.5. The lowest BCUT2D eigenvalue weighted by molar-refractivity contribution is 0.628. The summed E-state index contributed by atoms with van der Waals surface area (Å²) in [5, 5.41) is 6.10. The first-order valence-electron chi connectivity index (χ1n) is 8.57. The van der Waals surface area contributed by atoms with Gasteiger partial charge in [0.15, 0.2) is 5.71 Å². The average Bonchev–Trinajstić information content (AvgIpc) is 3.32. The zero-order valence-corrected chi connectivity index (χ0v) is 16.1. The Morgan fingerprint density at radius 2 is 1.39 bits per heavy atom. The summed E-state index contributed by atoms with van der Waals surface area (Å²) < 4.78 is 15.7. The zero-order valence-electron chi connectivity index (χ0n) is 14.5. The topological polar surface area (TPSA) is 50.2 Å². The highest BCUT2D eigenvalue weighted by Crippen LogP contribution is 2.28. The lowest BCUT2D eigenvalue weighted by Gasteiger charge is -2.03. The van der Waals surface area contributed by atoms with Crippen LogP contribution in [0.15, 0.2) is 77.9 Å². The Morgan fingerprint density at radius 1 is 0.786 bits per heavy atom. The maximum atomic E-state index is 13.5. The van der Waals surface area contributed by atoms with Gasteiger partial charge < -0.3 is 0 Å². The van der Waals surface area contributed by atoms with E-state index in [4.69, 9.17) is 9.97 Å². The molecule has 5 rings (SSSR count). The van der Waals surface area contributed by atoms with E-state index in [1.807, 2.05) is 48.5 Å². The molecule has 5 aromatic rings. The second-order valence-electron chi connectivity index (χ2n) is 6.06. The minimum absolute atomic E-state index is 0.318. The first kappa shape index (κ1) is 17.0. The van der Waals surface area contributed by atoms with Gasteiger partial charge in [-0.25, -0.2) is 14.4 Å². The van der Waals surface area contributed by atoms with E-state index in [2.05, 4.69) is 10.5 Å². The summed E-state index contributed by atoms with van der Waals surface area (Å²) in [5.41, 5.74) is 6.00. The van der Waals surface area contributed by atoms with Gasteiger partial charge in [-0.3, -0.25) is 5.43 Å². The highest BCUT2D eigenvalue weighted by atomic mass is 32.1. The van der Waals surface area contributed by atoms with Gasteiger partial charge in [-0.15, -0.1) is 22.7 Å². The molecule has 0 aliphatic carbocycles. The number of benzene rings is 3. The third-order valence-corrected chi connectivity index (χ3v) is 6.20. The number of hydrogen-bond acceptors (Lipinski definition) is 6. The van der Waals surface area contributed by atoms with E-state index in [1.165, 1.54) is 12.1 Å². The number of rotatable bonds is 4. The zero-order chi connectivity index (χ0) is 18.9. The smallest absolute Gasteiger partial charge is 0.155 e. The monoisotopic (exact) mass is 404 g/mol. The van der Waals surface area contributed by atoms with Gasteiger partial charge in [-0.2, -0.15) is 5.10 Å². The van der Waals surface area contributed by atoms with Crippen LogP contribution in [0.3, 0.4) is 0 Å². The first-order chi connectivity index (χ1) is 13.8. The number of hydrogen-bond donors (Lipinski definition) is 1. The lowest BCUT2D eigenvalue weighted by Crippen LogP contribution is -2.06. The Hall–Kier alpha value is -3.16. The Balaban J connectivity index is 1.63. The van der Waals surface area contributed by atoms with Gasteiger partial charge >= 0.3 is 0 Å². The molecule has 0 spiro atoms. The minimum atomic E-state index is -0.318. The molecule has 0 atom stereocenters. The van der Waals surface area contributed by atoms with Gasteiger partial charge in [0.05, 0.1) is 26.1 Å². The molecule has 0 radical (unpaired) electrons. The van der Waals surface area contributed by atoms with Gasteiger partial charge in [-0.05, 0) is 42.5 Å². The van der Waals surface area contributed by atoms with Crippen molar-refractivity contribution in [2.24, 2.45) is 5.10 Å². The molecule has 0 fully saturated rings. The summed E-state index contributed by atoms with van der Waals surface area (Å²) in [6.45, 7) is 0. The number of anilines is 1. The quantitative estimate of drug-likeness (QED) is 0.299. The van der Waals surface area contributed by atoms with Crippen molar-refractivity contribution in [2.45, 2.75) is 0 Å². The summed E-state index contributed by atoms with van der Waals surface area (Å²) in [5.74, 6) is -0.318. The van der Waals surface area contributed by atoms with E-state index < -0.39 is 0 Å². The van der Waals surface area contributed by atoms with Crippen molar-refractivity contribution in [3.8, 4) is 0 Å². The normalized spacial score (nSPS) is 11.0. The fourth-order valence-corrected chi connectivity index (χ4v) is 4.79. The van der Waals surface area contributed by atoms with Crippen molar-refractivity contribution < 1.29 is 4.39 Å². The molecule has 3 aromatic carbocycles. The molecular formula is C21H13FN4S2. The number of aromatic nitrogens is 2. The summed E-state index contributed by atoms with van der Waals surface area (Å²) in [6.07, 6.45) is 0. The maximum Gasteiger partial charge on any atom is 0.155 e. The molecule has 7 heteroatoms. The molecule has 28 heavy (non-hydrogen) atoms. The number of hydrazone groups is 1. The highest BCUT2D eigenvalue weighted by Gasteiger charge is 2.17. The Morgan fingerprint density at radius 3 is 1.96 bits per heavy atom. The van der Waals surface area contributed by atoms with E-state index in [1.54, 1.807) is 34.8 Å². The standard InChI is InChI=1S/C21H13FN4S2/c22-13-6-5-7-14(12-13)25-26-19(20-23-15-8-1-3-10-17(15)27-20)21-24-16-9-2-4-11-18(16)28-21/h1-12,25H. The Labute approximate surface area is 168 Å². The number of nitrogens with zero attached hydrogens (tertiary/aromatic N) is 3. The number of thiazole rings is 2. The molecule has 0 saturated heterocycles. The van der Waals surface area contributed by atoms with Crippen LogP contribution in [0.2, 0.25) is 0 Å². The van der Waals surface area contributed by atoms with Crippen LogP contribution in [-0.4, -0.2) is 15.7 Å². The summed E-state index contributed by atoms with van der Waals surface area (Å²) in [6, 6.07) is 22.1. The van der Waals surface area contributed by atoms with E-state index in [0.29, 0.717) is 11.4 Å². The van der Waals surface area contributed by atoms with Gasteiger partial charge in [0.1, 0.15) is 15.8 Å². The lowest BCUT2D eigenvalue weighted by atomic mass is 10.3. The van der Waals surface area contributed by atoms with Gasteiger partial charge in [0, 0.05) is 0 Å². The third-order valence-electron chi connectivity index (χ3n) is 4.11. The fourth-order valence-electron chi connectivity index (χ4n) is 2.81. The molecule has 0 aliphatic heterocycles. The molecule has 0 amide bonds. The highest BCUT2D eigenvalue weighted by molar-refractivity contribution is 7.23. The molecule has 0 saturated carbocycles. The average molecular weight is 404 g/mol. The molecule has 4 nitrogen and oxygen atoms in total. The molecule has 0 unspecified atom stereocenters. The van der Waals surface area contributed by atoms with Crippen LogP contribution in [-0.2, 0) is 0 Å². The predicted octanol–water partition coefficient (Wildman–Crippen LogP) is 5.91. The van der Waals surface area contributed by atoms with Crippen LogP contribution < -0.4 is 5.43 Å². The number of nitrogens with one attached hydrogen (secondary N) is 1. The molecule has 0 bridgehead atoms. The fraction of sp³-hybridized carbons (Fsp3) is 0. The number of para-hydroxylation sites is 2. The molecule has 0 aliphatic rings. The van der Waals surface area contributed by atoms with E-state index >= 15 is 0 Å². The van der Waals surface area contributed by atoms with Crippen molar-refractivity contribution in [3.05, 3.63) is 88.6 Å². The molecule has 1 N–H and O–H groups in total. The second-order valence-corrected chi connectivity index (χ2v) is 8.12. The SMILES string of the molecule is Fc1cccc(NN=C(c2nc3ccccc3s2)c2nc3ccccc3s2)c1. The van der Waals surface area contributed by atoms with Crippen LogP contribution in [0.25, 0.3) is 20.4 Å². The first-order valence-corrected chi connectivity index (χ1v) is 10.2. The van der Waals surface area contributed by atoms with E-state index in [9.17, 15) is 4.39 Å². The minimum Gasteiger partial charge on any atom is -0.278 e. The van der Waals surface area contributed by atoms with Gasteiger partial charge in [-0.1, -0.05) is 30.3 Å². The largest absolute Gasteiger partial charge is 0.278 e. The van der Waals surface area contributed by atoms with Crippen LogP contribution in [0.4, 0.5) is 10.1 Å². The summed E-state index contributed by atoms with van der Waals surface area (Å²) >= 11 is 3.12. The van der Waals surface area contributed by atoms with Crippen molar-refractivity contribution in [1.29, 1.82) is 0 Å². The number of halogens is 1. The molecule has 2 aromatic heterocycles. The summed E-state index contributed by atoms with van der Waals surface area (Å²) in [7, 11) is 0. The predicted molar refractivity (Wildman–Crippen MR) is 115 cm³/mol. The van der Waals surface area contributed by atoms with Crippen molar-refractivity contribution in [3.63, 3.8) is 0 Å². The van der Waals surface area contributed by atoms with Crippen LogP contribution in [0, 0.1) is 5.82 Å². The van der Waals surface area contributed by atoms with Gasteiger partial charge in [0.25, 0.3) is 0 Å². The third kappa shape index (κ3) is 3.26. The van der Waals surface area contributed by atoms with Crippen LogP contribution >= 0.6 is 22.7 Å². The van der Waals surface area contributed by atoms with Crippen molar-refractivity contribution in [1.82, 2.24) is 9.97 Å². The Bertz CT molecular complexity index is 1180.